The van der Waals surface area contributed by atoms with Gasteiger partial charge in [-0.3, -0.25) is 14.2 Å². The molecule has 0 aliphatic rings. The van der Waals surface area contributed by atoms with E-state index in [0.717, 1.165) is 17.5 Å². The number of hydrogen-bond donors (Lipinski definition) is 1. The minimum atomic E-state index is -0.0938. The predicted molar refractivity (Wildman–Crippen MR) is 87.8 cm³/mol. The molecule has 118 valence electrons. The Morgan fingerprint density at radius 2 is 2.14 bits per heavy atom. The van der Waals surface area contributed by atoms with E-state index in [-0.39, 0.29) is 17.9 Å². The van der Waals surface area contributed by atoms with Gasteiger partial charge >= 0.3 is 0 Å². The van der Waals surface area contributed by atoms with Crippen LogP contribution in [0.3, 0.4) is 0 Å². The van der Waals surface area contributed by atoms with Crippen LogP contribution in [0.25, 0.3) is 10.9 Å². The standard InChI is InChI=1S/C17H23N3O2/c1-12(2)7-9-18-15(21)8-10-20-11-19-16-13(3)5-4-6-14(16)17(20)22/h4-6,11-12H,7-10H2,1-3H3,(H,18,21). The zero-order chi connectivity index (χ0) is 16.1. The highest BCUT2D eigenvalue weighted by molar-refractivity contribution is 5.80. The molecule has 22 heavy (non-hydrogen) atoms. The van der Waals surface area contributed by atoms with Gasteiger partial charge in [-0.15, -0.1) is 0 Å². The number of hydrogen-bond acceptors (Lipinski definition) is 3. The summed E-state index contributed by atoms with van der Waals surface area (Å²) in [6.07, 6.45) is 2.78. The van der Waals surface area contributed by atoms with Crippen molar-refractivity contribution in [3.8, 4) is 0 Å². The van der Waals surface area contributed by atoms with Gasteiger partial charge in [-0.25, -0.2) is 4.98 Å². The summed E-state index contributed by atoms with van der Waals surface area (Å²) in [5, 5.41) is 3.48. The topological polar surface area (TPSA) is 64.0 Å². The minimum Gasteiger partial charge on any atom is -0.356 e. The average molecular weight is 301 g/mol. The second-order valence-corrected chi connectivity index (χ2v) is 6.00. The van der Waals surface area contributed by atoms with Gasteiger partial charge in [0.2, 0.25) is 5.91 Å². The largest absolute Gasteiger partial charge is 0.356 e. The molecule has 0 aliphatic carbocycles. The number of aromatic nitrogens is 2. The summed E-state index contributed by atoms with van der Waals surface area (Å²) in [5.41, 5.74) is 1.61. The number of carbonyl (C=O) groups excluding carboxylic acids is 1. The molecule has 0 unspecified atom stereocenters. The van der Waals surface area contributed by atoms with E-state index in [1.54, 1.807) is 6.07 Å². The normalized spacial score (nSPS) is 11.1. The van der Waals surface area contributed by atoms with Gasteiger partial charge in [-0.2, -0.15) is 0 Å². The molecule has 0 spiro atoms. The lowest BCUT2D eigenvalue weighted by atomic mass is 10.1. The highest BCUT2D eigenvalue weighted by Gasteiger charge is 2.07. The zero-order valence-electron chi connectivity index (χ0n) is 13.4. The van der Waals surface area contributed by atoms with Gasteiger partial charge in [0.15, 0.2) is 0 Å². The maximum Gasteiger partial charge on any atom is 0.261 e. The Labute approximate surface area is 130 Å². The summed E-state index contributed by atoms with van der Waals surface area (Å²) in [6, 6.07) is 5.56. The molecule has 0 bridgehead atoms. The quantitative estimate of drug-likeness (QED) is 0.890. The Kier molecular flexibility index (Phi) is 5.31. The Morgan fingerprint density at radius 1 is 1.36 bits per heavy atom. The molecule has 0 radical (unpaired) electrons. The number of para-hydroxylation sites is 1. The maximum atomic E-state index is 12.4. The van der Waals surface area contributed by atoms with Crippen molar-refractivity contribution in [2.75, 3.05) is 6.54 Å². The molecule has 1 amide bonds. The fourth-order valence-electron chi connectivity index (χ4n) is 2.31. The van der Waals surface area contributed by atoms with Crippen molar-refractivity contribution < 1.29 is 4.79 Å². The summed E-state index contributed by atoms with van der Waals surface area (Å²) < 4.78 is 1.50. The molecular formula is C17H23N3O2. The first-order valence-corrected chi connectivity index (χ1v) is 7.70. The first kappa shape index (κ1) is 16.2. The maximum absolute atomic E-state index is 12.4. The fraction of sp³-hybridized carbons (Fsp3) is 0.471. The van der Waals surface area contributed by atoms with Gasteiger partial charge in [0.05, 0.1) is 17.2 Å². The number of nitrogens with zero attached hydrogens (tertiary/aromatic N) is 2. The average Bonchev–Trinajstić information content (AvgIpc) is 2.47. The minimum absolute atomic E-state index is 0.0307. The van der Waals surface area contributed by atoms with Crippen LogP contribution in [-0.2, 0) is 11.3 Å². The third-order valence-corrected chi connectivity index (χ3v) is 3.68. The summed E-state index contributed by atoms with van der Waals surface area (Å²) >= 11 is 0. The van der Waals surface area contributed by atoms with Gasteiger partial charge in [0.25, 0.3) is 5.56 Å². The van der Waals surface area contributed by atoms with E-state index in [0.29, 0.717) is 24.4 Å². The Balaban J connectivity index is 2.02. The number of amides is 1. The van der Waals surface area contributed by atoms with Crippen LogP contribution >= 0.6 is 0 Å². The van der Waals surface area contributed by atoms with E-state index in [1.807, 2.05) is 19.1 Å². The first-order chi connectivity index (χ1) is 10.5. The molecule has 1 N–H and O–H groups in total. The second-order valence-electron chi connectivity index (χ2n) is 6.00. The lowest BCUT2D eigenvalue weighted by Crippen LogP contribution is -2.28. The van der Waals surface area contributed by atoms with Crippen molar-refractivity contribution >= 4 is 16.8 Å². The van der Waals surface area contributed by atoms with Crippen LogP contribution in [0.4, 0.5) is 0 Å². The summed E-state index contributed by atoms with van der Waals surface area (Å²) in [6.45, 7) is 7.20. The van der Waals surface area contributed by atoms with Gasteiger partial charge in [-0.1, -0.05) is 26.0 Å². The molecule has 1 aromatic carbocycles. The smallest absolute Gasteiger partial charge is 0.261 e. The zero-order valence-corrected chi connectivity index (χ0v) is 13.4. The first-order valence-electron chi connectivity index (χ1n) is 7.70. The van der Waals surface area contributed by atoms with Crippen LogP contribution in [0.15, 0.2) is 29.3 Å². The number of rotatable bonds is 6. The molecular weight excluding hydrogens is 278 g/mol. The van der Waals surface area contributed by atoms with Crippen LogP contribution < -0.4 is 10.9 Å². The predicted octanol–water partition coefficient (Wildman–Crippen LogP) is 2.26. The highest BCUT2D eigenvalue weighted by atomic mass is 16.1. The van der Waals surface area contributed by atoms with Crippen LogP contribution in [0.1, 0.15) is 32.3 Å². The second kappa shape index (κ2) is 7.20. The molecule has 0 atom stereocenters. The molecule has 2 rings (SSSR count). The Bertz CT molecular complexity index is 719. The number of nitrogens with one attached hydrogen (secondary N) is 1. The van der Waals surface area contributed by atoms with Crippen molar-refractivity contribution in [3.63, 3.8) is 0 Å². The van der Waals surface area contributed by atoms with E-state index in [2.05, 4.69) is 24.1 Å². The SMILES string of the molecule is Cc1cccc2c(=O)n(CCC(=O)NCCC(C)C)cnc12. The molecule has 0 aliphatic heterocycles. The number of carbonyl (C=O) groups is 1. The molecule has 5 heteroatoms. The van der Waals surface area contributed by atoms with Gasteiger partial charge in [0, 0.05) is 19.5 Å². The molecule has 0 fully saturated rings. The lowest BCUT2D eigenvalue weighted by molar-refractivity contribution is -0.121. The molecule has 1 heterocycles. The van der Waals surface area contributed by atoms with Crippen LogP contribution in [0.2, 0.25) is 0 Å². The molecule has 2 aromatic rings. The number of fused-ring (bicyclic) bond motifs is 1. The van der Waals surface area contributed by atoms with E-state index in [9.17, 15) is 9.59 Å². The van der Waals surface area contributed by atoms with Crippen molar-refractivity contribution in [2.24, 2.45) is 5.92 Å². The summed E-state index contributed by atoms with van der Waals surface area (Å²) in [5.74, 6) is 0.535. The van der Waals surface area contributed by atoms with E-state index < -0.39 is 0 Å². The van der Waals surface area contributed by atoms with E-state index >= 15 is 0 Å². The lowest BCUT2D eigenvalue weighted by Gasteiger charge is -2.09. The number of aryl methyl sites for hydroxylation is 2. The Morgan fingerprint density at radius 3 is 2.86 bits per heavy atom. The monoisotopic (exact) mass is 301 g/mol. The molecule has 0 saturated heterocycles. The Hall–Kier alpha value is -2.17. The van der Waals surface area contributed by atoms with Gasteiger partial charge in [0.1, 0.15) is 0 Å². The molecule has 0 saturated carbocycles. The van der Waals surface area contributed by atoms with Crippen molar-refractivity contribution in [3.05, 3.63) is 40.4 Å². The summed E-state index contributed by atoms with van der Waals surface area (Å²) in [7, 11) is 0. The van der Waals surface area contributed by atoms with Crippen molar-refractivity contribution in [2.45, 2.75) is 40.2 Å². The van der Waals surface area contributed by atoms with E-state index in [4.69, 9.17) is 0 Å². The molecule has 5 nitrogen and oxygen atoms in total. The van der Waals surface area contributed by atoms with Crippen LogP contribution in [0.5, 0.6) is 0 Å². The van der Waals surface area contributed by atoms with Gasteiger partial charge < -0.3 is 5.32 Å². The van der Waals surface area contributed by atoms with Gasteiger partial charge in [-0.05, 0) is 30.9 Å². The summed E-state index contributed by atoms with van der Waals surface area (Å²) in [4.78, 5) is 28.5. The van der Waals surface area contributed by atoms with Crippen molar-refractivity contribution in [1.29, 1.82) is 0 Å². The van der Waals surface area contributed by atoms with Crippen LogP contribution in [-0.4, -0.2) is 22.0 Å². The third-order valence-electron chi connectivity index (χ3n) is 3.68. The molecule has 1 aromatic heterocycles. The fourth-order valence-corrected chi connectivity index (χ4v) is 2.31. The van der Waals surface area contributed by atoms with Crippen LogP contribution in [0, 0.1) is 12.8 Å². The number of benzene rings is 1. The highest BCUT2D eigenvalue weighted by Crippen LogP contribution is 2.11. The third kappa shape index (κ3) is 3.93. The van der Waals surface area contributed by atoms with E-state index in [1.165, 1.54) is 10.9 Å². The van der Waals surface area contributed by atoms with Crippen molar-refractivity contribution in [1.82, 2.24) is 14.9 Å².